The number of carbonyl (C=O) groups is 2. The van der Waals surface area contributed by atoms with Crippen molar-refractivity contribution in [2.75, 3.05) is 13.2 Å². The molecule has 0 saturated carbocycles. The van der Waals surface area contributed by atoms with Crippen LogP contribution in [0.1, 0.15) is 12.8 Å². The highest BCUT2D eigenvalue weighted by Crippen LogP contribution is 2.04. The van der Waals surface area contributed by atoms with Crippen LogP contribution in [0.2, 0.25) is 0 Å². The highest BCUT2D eigenvalue weighted by atomic mass is 16.4. The lowest BCUT2D eigenvalue weighted by Crippen LogP contribution is -2.48. The van der Waals surface area contributed by atoms with Crippen molar-refractivity contribution >= 4 is 17.9 Å². The average molecular weight is 370 g/mol. The molecule has 0 rings (SSSR count). The molecule has 0 bridgehead atoms. The first-order valence-corrected chi connectivity index (χ1v) is 7.05. The highest BCUT2D eigenvalue weighted by molar-refractivity contribution is 5.75. The predicted octanol–water partition coefficient (Wildman–Crippen LogP) is -5.04. The minimum Gasteiger partial charge on any atom is -0.480 e. The lowest BCUT2D eigenvalue weighted by atomic mass is 10.0. The van der Waals surface area contributed by atoms with Gasteiger partial charge in [0.1, 0.15) is 24.4 Å². The molecular weight excluding hydrogens is 344 g/mol. The second-order valence-electron chi connectivity index (χ2n) is 4.91. The van der Waals surface area contributed by atoms with Crippen molar-refractivity contribution in [3.63, 3.8) is 0 Å². The van der Waals surface area contributed by atoms with E-state index in [9.17, 15) is 9.59 Å². The van der Waals surface area contributed by atoms with E-state index in [0.29, 0.717) is 19.4 Å². The van der Waals surface area contributed by atoms with Crippen molar-refractivity contribution in [3.8, 4) is 0 Å². The topological polar surface area (TPSA) is 266 Å². The van der Waals surface area contributed by atoms with E-state index in [4.69, 9.17) is 52.9 Å². The third-order valence-electron chi connectivity index (χ3n) is 2.79. The zero-order valence-electron chi connectivity index (χ0n) is 13.3. The first-order valence-electron chi connectivity index (χ1n) is 7.05. The van der Waals surface area contributed by atoms with E-state index >= 15 is 0 Å². The second-order valence-corrected chi connectivity index (χ2v) is 4.91. The monoisotopic (exact) mass is 370 g/mol. The van der Waals surface area contributed by atoms with Crippen LogP contribution in [0.3, 0.4) is 0 Å². The lowest BCUT2D eigenvalue weighted by Gasteiger charge is -2.23. The van der Waals surface area contributed by atoms with Crippen molar-refractivity contribution in [1.82, 2.24) is 0 Å². The van der Waals surface area contributed by atoms with E-state index in [2.05, 4.69) is 4.99 Å². The van der Waals surface area contributed by atoms with Crippen LogP contribution in [0.5, 0.6) is 0 Å². The number of aliphatic hydroxyl groups excluding tert-OH is 5. The zero-order valence-corrected chi connectivity index (χ0v) is 13.3. The van der Waals surface area contributed by atoms with Crippen LogP contribution in [-0.4, -0.2) is 97.3 Å². The summed E-state index contributed by atoms with van der Waals surface area (Å²) in [6.07, 6.45) is -6.88. The smallest absolute Gasteiger partial charge is 0.335 e. The Labute approximate surface area is 143 Å². The van der Waals surface area contributed by atoms with Gasteiger partial charge in [0.15, 0.2) is 12.1 Å². The third kappa shape index (κ3) is 12.0. The van der Waals surface area contributed by atoms with Crippen molar-refractivity contribution in [1.29, 1.82) is 0 Å². The molecule has 13 heteroatoms. The molecule has 0 aromatic carbocycles. The number of aliphatic hydroxyl groups is 5. The first kappa shape index (κ1) is 25.2. The maximum absolute atomic E-state index is 10.2. The largest absolute Gasteiger partial charge is 0.480 e. The molecular formula is C12H26N4O9. The summed E-state index contributed by atoms with van der Waals surface area (Å²) in [4.78, 5) is 24.0. The Hall–Kier alpha value is -2.03. The van der Waals surface area contributed by atoms with Gasteiger partial charge in [0.05, 0.1) is 6.61 Å². The molecule has 0 aliphatic heterocycles. The Kier molecular flexibility index (Phi) is 13.4. The Balaban J connectivity index is 0. The van der Waals surface area contributed by atoms with E-state index in [1.54, 1.807) is 0 Å². The first-order chi connectivity index (χ1) is 11.4. The number of hydrogen-bond acceptors (Lipinski definition) is 9. The van der Waals surface area contributed by atoms with Gasteiger partial charge in [0.25, 0.3) is 0 Å². The van der Waals surface area contributed by atoms with Crippen molar-refractivity contribution < 1.29 is 45.3 Å². The van der Waals surface area contributed by atoms with Crippen molar-refractivity contribution in [2.24, 2.45) is 22.2 Å². The third-order valence-corrected chi connectivity index (χ3v) is 2.79. The van der Waals surface area contributed by atoms with Gasteiger partial charge in [-0.2, -0.15) is 0 Å². The van der Waals surface area contributed by atoms with E-state index in [-0.39, 0.29) is 5.96 Å². The summed E-state index contributed by atoms with van der Waals surface area (Å²) in [7, 11) is 0. The SMILES string of the molecule is NC(N)=NCCC[C@H](N)C(=O)O.O=C(O)[C@H](O)[C@@H](O)[C@H](O)[C@H](O)CO. The molecule has 0 amide bonds. The molecule has 13 N–H and O–H groups in total. The van der Waals surface area contributed by atoms with E-state index < -0.39 is 49.0 Å². The van der Waals surface area contributed by atoms with Gasteiger partial charge in [-0.3, -0.25) is 9.79 Å². The van der Waals surface area contributed by atoms with Gasteiger partial charge in [-0.25, -0.2) is 4.79 Å². The molecule has 0 aliphatic rings. The van der Waals surface area contributed by atoms with Gasteiger partial charge < -0.3 is 52.9 Å². The zero-order chi connectivity index (χ0) is 20.2. The number of aliphatic carboxylic acids is 2. The number of carboxylic acids is 2. The number of rotatable bonds is 10. The van der Waals surface area contributed by atoms with E-state index in [0.717, 1.165) is 0 Å². The van der Waals surface area contributed by atoms with Gasteiger partial charge >= 0.3 is 11.9 Å². The minimum atomic E-state index is -2.20. The fraction of sp³-hybridized carbons (Fsp3) is 0.750. The number of nitrogens with zero attached hydrogens (tertiary/aromatic N) is 1. The summed E-state index contributed by atoms with van der Waals surface area (Å²) < 4.78 is 0. The summed E-state index contributed by atoms with van der Waals surface area (Å²) in [5.74, 6) is -2.71. The summed E-state index contributed by atoms with van der Waals surface area (Å²) >= 11 is 0. The number of aliphatic imine (C=N–C) groups is 1. The van der Waals surface area contributed by atoms with Gasteiger partial charge in [-0.05, 0) is 12.8 Å². The van der Waals surface area contributed by atoms with Gasteiger partial charge in [0, 0.05) is 6.54 Å². The predicted molar refractivity (Wildman–Crippen MR) is 84.3 cm³/mol. The average Bonchev–Trinajstić information content (AvgIpc) is 2.55. The molecule has 0 spiro atoms. The molecule has 148 valence electrons. The van der Waals surface area contributed by atoms with E-state index in [1.165, 1.54) is 0 Å². The quantitative estimate of drug-likeness (QED) is 0.0983. The van der Waals surface area contributed by atoms with Crippen LogP contribution < -0.4 is 17.2 Å². The summed E-state index contributed by atoms with van der Waals surface area (Å²) in [5.41, 5.74) is 15.3. The fourth-order valence-electron chi connectivity index (χ4n) is 1.31. The number of guanidine groups is 1. The van der Waals surface area contributed by atoms with Gasteiger partial charge in [0.2, 0.25) is 0 Å². The molecule has 0 radical (unpaired) electrons. The van der Waals surface area contributed by atoms with Crippen LogP contribution >= 0.6 is 0 Å². The van der Waals surface area contributed by atoms with E-state index in [1.807, 2.05) is 0 Å². The highest BCUT2D eigenvalue weighted by Gasteiger charge is 2.33. The molecule has 25 heavy (non-hydrogen) atoms. The standard InChI is InChI=1S/C6H14N4O2.C6H12O7/c7-4(5(11)12)2-1-3-10-6(8)9;7-1-2(8)3(9)4(10)5(11)6(12)13/h4H,1-3,7H2,(H,11,12)(H4,8,9,10);2-5,7-11H,1H2,(H,12,13)/t4-;2-,3-,4+,5-/m01/s1. The van der Waals surface area contributed by atoms with Gasteiger partial charge in [-0.15, -0.1) is 0 Å². The summed E-state index contributed by atoms with van der Waals surface area (Å²) in [6.45, 7) is -0.423. The molecule has 13 nitrogen and oxygen atoms in total. The molecule has 0 fully saturated rings. The number of nitrogens with two attached hydrogens (primary N) is 3. The Bertz CT molecular complexity index is 431. The molecule has 0 aromatic rings. The normalized spacial score (nSPS) is 16.4. The summed E-state index contributed by atoms with van der Waals surface area (Å²) in [6, 6.07) is -0.820. The molecule has 0 aliphatic carbocycles. The lowest BCUT2D eigenvalue weighted by molar-refractivity contribution is -0.164. The molecule has 0 unspecified atom stereocenters. The Morgan fingerprint density at radius 2 is 1.48 bits per heavy atom. The van der Waals surface area contributed by atoms with Crippen molar-refractivity contribution in [2.45, 2.75) is 43.3 Å². The van der Waals surface area contributed by atoms with Crippen LogP contribution in [0.25, 0.3) is 0 Å². The molecule has 5 atom stereocenters. The molecule has 0 aromatic heterocycles. The van der Waals surface area contributed by atoms with Crippen molar-refractivity contribution in [3.05, 3.63) is 0 Å². The number of carboxylic acid groups (broad SMARTS) is 2. The fourth-order valence-corrected chi connectivity index (χ4v) is 1.31. The van der Waals surface area contributed by atoms with Crippen LogP contribution in [0.15, 0.2) is 4.99 Å². The Morgan fingerprint density at radius 3 is 1.84 bits per heavy atom. The summed E-state index contributed by atoms with van der Waals surface area (Å²) in [5, 5.41) is 60.2. The number of hydrogen-bond donors (Lipinski definition) is 10. The maximum Gasteiger partial charge on any atom is 0.335 e. The van der Waals surface area contributed by atoms with Gasteiger partial charge in [-0.1, -0.05) is 0 Å². The molecule has 0 saturated heterocycles. The second kappa shape index (κ2) is 13.3. The Morgan fingerprint density at radius 1 is 0.960 bits per heavy atom. The van der Waals surface area contributed by atoms with Crippen LogP contribution in [-0.2, 0) is 9.59 Å². The molecule has 0 heterocycles. The van der Waals surface area contributed by atoms with Crippen LogP contribution in [0, 0.1) is 0 Å². The maximum atomic E-state index is 10.2. The minimum absolute atomic E-state index is 0.0129. The van der Waals surface area contributed by atoms with Crippen LogP contribution in [0.4, 0.5) is 0 Å².